The third kappa shape index (κ3) is 3.38. The van der Waals surface area contributed by atoms with Crippen LogP contribution in [0.15, 0.2) is 42.5 Å². The standard InChI is InChI=1S/C15H11F3O2/c1-9-6-11(8-12(16)7-9)14(19)10-2-4-13(5-3-10)20-15(17)18/h2-8,15H,1H3. The largest absolute Gasteiger partial charge is 0.435 e. The lowest BCUT2D eigenvalue weighted by molar-refractivity contribution is -0.0498. The highest BCUT2D eigenvalue weighted by atomic mass is 19.3. The smallest absolute Gasteiger partial charge is 0.387 e. The first-order valence-corrected chi connectivity index (χ1v) is 5.82. The molecule has 0 N–H and O–H groups in total. The Balaban J connectivity index is 2.24. The maximum Gasteiger partial charge on any atom is 0.387 e. The Morgan fingerprint density at radius 3 is 2.25 bits per heavy atom. The normalized spacial score (nSPS) is 10.7. The van der Waals surface area contributed by atoms with Gasteiger partial charge in [0.2, 0.25) is 0 Å². The molecule has 0 aliphatic carbocycles. The Hall–Kier alpha value is -2.30. The van der Waals surface area contributed by atoms with Crippen molar-refractivity contribution in [2.75, 3.05) is 0 Å². The van der Waals surface area contributed by atoms with E-state index in [1.165, 1.54) is 30.3 Å². The Labute approximate surface area is 113 Å². The molecule has 2 aromatic carbocycles. The predicted octanol–water partition coefficient (Wildman–Crippen LogP) is 3.97. The van der Waals surface area contributed by atoms with Gasteiger partial charge in [0.15, 0.2) is 5.78 Å². The van der Waals surface area contributed by atoms with Crippen molar-refractivity contribution >= 4 is 5.78 Å². The summed E-state index contributed by atoms with van der Waals surface area (Å²) in [5.74, 6) is -0.908. The molecule has 0 unspecified atom stereocenters. The van der Waals surface area contributed by atoms with E-state index in [4.69, 9.17) is 0 Å². The van der Waals surface area contributed by atoms with Crippen LogP contribution in [-0.4, -0.2) is 12.4 Å². The third-order valence-electron chi connectivity index (χ3n) is 2.65. The topological polar surface area (TPSA) is 26.3 Å². The average Bonchev–Trinajstić information content (AvgIpc) is 2.37. The first-order chi connectivity index (χ1) is 9.45. The number of alkyl halides is 2. The fourth-order valence-corrected chi connectivity index (χ4v) is 1.82. The Morgan fingerprint density at radius 1 is 1.05 bits per heavy atom. The van der Waals surface area contributed by atoms with Crippen molar-refractivity contribution in [1.29, 1.82) is 0 Å². The molecule has 0 amide bonds. The van der Waals surface area contributed by atoms with E-state index in [-0.39, 0.29) is 22.7 Å². The van der Waals surface area contributed by atoms with Gasteiger partial charge >= 0.3 is 6.61 Å². The number of ether oxygens (including phenoxy) is 1. The van der Waals surface area contributed by atoms with Gasteiger partial charge in [0, 0.05) is 11.1 Å². The minimum Gasteiger partial charge on any atom is -0.435 e. The number of hydrogen-bond acceptors (Lipinski definition) is 2. The highest BCUT2D eigenvalue weighted by molar-refractivity contribution is 6.09. The van der Waals surface area contributed by atoms with E-state index < -0.39 is 12.4 Å². The highest BCUT2D eigenvalue weighted by Crippen LogP contribution is 2.18. The summed E-state index contributed by atoms with van der Waals surface area (Å²) >= 11 is 0. The molecule has 0 atom stereocenters. The monoisotopic (exact) mass is 280 g/mol. The van der Waals surface area contributed by atoms with Crippen LogP contribution in [0.5, 0.6) is 5.75 Å². The summed E-state index contributed by atoms with van der Waals surface area (Å²) in [6.07, 6.45) is 0. The number of carbonyl (C=O) groups is 1. The van der Waals surface area contributed by atoms with E-state index in [0.29, 0.717) is 5.56 Å². The maximum atomic E-state index is 13.3. The molecule has 0 aliphatic heterocycles. The summed E-state index contributed by atoms with van der Waals surface area (Å²) < 4.78 is 41.4. The zero-order chi connectivity index (χ0) is 14.7. The Bertz CT molecular complexity index is 601. The fraction of sp³-hybridized carbons (Fsp3) is 0.133. The molecule has 2 nitrogen and oxygen atoms in total. The molecule has 0 saturated heterocycles. The van der Waals surface area contributed by atoms with Crippen LogP contribution in [0.2, 0.25) is 0 Å². The number of hydrogen-bond donors (Lipinski definition) is 0. The molecule has 0 aliphatic rings. The summed E-state index contributed by atoms with van der Waals surface area (Å²) in [6.45, 7) is -1.23. The molecule has 5 heteroatoms. The van der Waals surface area contributed by atoms with Crippen molar-refractivity contribution in [1.82, 2.24) is 0 Å². The molecular weight excluding hydrogens is 269 g/mol. The maximum absolute atomic E-state index is 13.3. The van der Waals surface area contributed by atoms with Crippen LogP contribution in [0, 0.1) is 12.7 Å². The number of benzene rings is 2. The zero-order valence-corrected chi connectivity index (χ0v) is 10.6. The minimum absolute atomic E-state index is 0.0352. The van der Waals surface area contributed by atoms with Crippen LogP contribution in [0.25, 0.3) is 0 Å². The van der Waals surface area contributed by atoms with E-state index in [2.05, 4.69) is 4.74 Å². The SMILES string of the molecule is Cc1cc(F)cc(C(=O)c2ccc(OC(F)F)cc2)c1. The second kappa shape index (κ2) is 5.77. The van der Waals surface area contributed by atoms with Gasteiger partial charge in [0.25, 0.3) is 0 Å². The van der Waals surface area contributed by atoms with Gasteiger partial charge in [-0.1, -0.05) is 0 Å². The molecule has 20 heavy (non-hydrogen) atoms. The van der Waals surface area contributed by atoms with E-state index >= 15 is 0 Å². The van der Waals surface area contributed by atoms with Gasteiger partial charge < -0.3 is 4.74 Å². The Kier molecular flexibility index (Phi) is 4.08. The Morgan fingerprint density at radius 2 is 1.70 bits per heavy atom. The van der Waals surface area contributed by atoms with Crippen molar-refractivity contribution < 1.29 is 22.7 Å². The minimum atomic E-state index is -2.91. The van der Waals surface area contributed by atoms with E-state index in [1.807, 2.05) is 0 Å². The van der Waals surface area contributed by atoms with Crippen LogP contribution >= 0.6 is 0 Å². The molecule has 2 aromatic rings. The van der Waals surface area contributed by atoms with Crippen LogP contribution in [0.1, 0.15) is 21.5 Å². The molecule has 104 valence electrons. The van der Waals surface area contributed by atoms with Crippen LogP contribution < -0.4 is 4.74 Å². The number of aryl methyl sites for hydroxylation is 1. The van der Waals surface area contributed by atoms with E-state index in [0.717, 1.165) is 6.07 Å². The summed E-state index contributed by atoms with van der Waals surface area (Å²) in [6, 6.07) is 9.28. The molecule has 0 aromatic heterocycles. The van der Waals surface area contributed by atoms with Crippen molar-refractivity contribution in [2.24, 2.45) is 0 Å². The lowest BCUT2D eigenvalue weighted by Gasteiger charge is -2.06. The van der Waals surface area contributed by atoms with Crippen molar-refractivity contribution in [3.05, 3.63) is 65.0 Å². The molecular formula is C15H11F3O2. The van der Waals surface area contributed by atoms with Crippen molar-refractivity contribution in [2.45, 2.75) is 13.5 Å². The highest BCUT2D eigenvalue weighted by Gasteiger charge is 2.11. The summed E-state index contributed by atoms with van der Waals surface area (Å²) in [4.78, 5) is 12.1. The second-order valence-corrected chi connectivity index (χ2v) is 4.25. The van der Waals surface area contributed by atoms with Gasteiger partial charge in [-0.15, -0.1) is 0 Å². The van der Waals surface area contributed by atoms with E-state index in [1.54, 1.807) is 13.0 Å². The lowest BCUT2D eigenvalue weighted by Crippen LogP contribution is -2.04. The van der Waals surface area contributed by atoms with Crippen LogP contribution in [-0.2, 0) is 0 Å². The average molecular weight is 280 g/mol. The molecule has 0 heterocycles. The molecule has 0 spiro atoms. The molecule has 2 rings (SSSR count). The van der Waals surface area contributed by atoms with Gasteiger partial charge in [-0.05, 0) is 55.0 Å². The molecule has 0 radical (unpaired) electrons. The number of carbonyl (C=O) groups excluding carboxylic acids is 1. The van der Waals surface area contributed by atoms with Crippen molar-refractivity contribution in [3.63, 3.8) is 0 Å². The predicted molar refractivity (Wildman–Crippen MR) is 67.6 cm³/mol. The first kappa shape index (κ1) is 14.1. The van der Waals surface area contributed by atoms with Crippen molar-refractivity contribution in [3.8, 4) is 5.75 Å². The third-order valence-corrected chi connectivity index (χ3v) is 2.65. The van der Waals surface area contributed by atoms with Crippen LogP contribution in [0.4, 0.5) is 13.2 Å². The fourth-order valence-electron chi connectivity index (χ4n) is 1.82. The molecule has 0 fully saturated rings. The van der Waals surface area contributed by atoms with E-state index in [9.17, 15) is 18.0 Å². The number of ketones is 1. The van der Waals surface area contributed by atoms with Crippen LogP contribution in [0.3, 0.4) is 0 Å². The van der Waals surface area contributed by atoms with Gasteiger partial charge in [-0.2, -0.15) is 8.78 Å². The first-order valence-electron chi connectivity index (χ1n) is 5.82. The van der Waals surface area contributed by atoms with Gasteiger partial charge in [0.05, 0.1) is 0 Å². The zero-order valence-electron chi connectivity index (χ0n) is 10.6. The second-order valence-electron chi connectivity index (χ2n) is 4.25. The lowest BCUT2D eigenvalue weighted by atomic mass is 10.0. The molecule has 0 saturated carbocycles. The summed E-state index contributed by atoms with van der Waals surface area (Å²) in [5, 5.41) is 0. The van der Waals surface area contributed by atoms with Gasteiger partial charge in [-0.25, -0.2) is 4.39 Å². The van der Waals surface area contributed by atoms with Gasteiger partial charge in [0.1, 0.15) is 11.6 Å². The molecule has 0 bridgehead atoms. The van der Waals surface area contributed by atoms with Gasteiger partial charge in [-0.3, -0.25) is 4.79 Å². The summed E-state index contributed by atoms with van der Waals surface area (Å²) in [7, 11) is 0. The quantitative estimate of drug-likeness (QED) is 0.792. The number of rotatable bonds is 4. The summed E-state index contributed by atoms with van der Waals surface area (Å²) in [5.41, 5.74) is 1.12. The number of halogens is 3.